The molecule has 1 aliphatic rings. The van der Waals surface area contributed by atoms with Crippen LogP contribution in [0, 0.1) is 0 Å². The monoisotopic (exact) mass is 268 g/mol. The van der Waals surface area contributed by atoms with E-state index in [9.17, 15) is 4.79 Å². The largest absolute Gasteiger partial charge is 0.496 e. The third-order valence-electron chi connectivity index (χ3n) is 2.89. The zero-order valence-electron chi connectivity index (χ0n) is 9.06. The van der Waals surface area contributed by atoms with E-state index in [0.717, 1.165) is 21.3 Å². The number of methoxy groups -OCH3 is 1. The lowest BCUT2D eigenvalue weighted by Crippen LogP contribution is -2.13. The molecule has 0 aliphatic heterocycles. The summed E-state index contributed by atoms with van der Waals surface area (Å²) in [6.45, 7) is 4.15. The second-order valence-corrected chi connectivity index (χ2v) is 5.34. The quantitative estimate of drug-likeness (QED) is 0.781. The highest BCUT2D eigenvalue weighted by Crippen LogP contribution is 2.46. The summed E-state index contributed by atoms with van der Waals surface area (Å²) in [5, 5.41) is 0. The van der Waals surface area contributed by atoms with Gasteiger partial charge in [-0.05, 0) is 12.1 Å². The van der Waals surface area contributed by atoms with Gasteiger partial charge in [0, 0.05) is 27.4 Å². The number of halogens is 1. The predicted octanol–water partition coefficient (Wildman–Crippen LogP) is 3.32. The third kappa shape index (κ3) is 1.49. The minimum absolute atomic E-state index is 0.123. The smallest absolute Gasteiger partial charge is 0.165 e. The van der Waals surface area contributed by atoms with Crippen molar-refractivity contribution in [1.29, 1.82) is 0 Å². The topological polar surface area (TPSA) is 26.3 Å². The Kier molecular flexibility index (Phi) is 2.38. The summed E-state index contributed by atoms with van der Waals surface area (Å²) in [5.41, 5.74) is 1.70. The van der Waals surface area contributed by atoms with Gasteiger partial charge in [0.2, 0.25) is 0 Å². The summed E-state index contributed by atoms with van der Waals surface area (Å²) in [7, 11) is 1.64. The molecule has 1 aromatic carbocycles. The number of rotatable bonds is 1. The highest BCUT2D eigenvalue weighted by atomic mass is 79.9. The van der Waals surface area contributed by atoms with Crippen LogP contribution in [-0.2, 0) is 5.41 Å². The van der Waals surface area contributed by atoms with E-state index in [-0.39, 0.29) is 11.2 Å². The van der Waals surface area contributed by atoms with Crippen molar-refractivity contribution in [2.24, 2.45) is 0 Å². The SMILES string of the molecule is COc1ccc(Br)c2c1C(C)(C)CC2=O. The van der Waals surface area contributed by atoms with E-state index in [2.05, 4.69) is 29.8 Å². The zero-order valence-corrected chi connectivity index (χ0v) is 10.6. The number of hydrogen-bond donors (Lipinski definition) is 0. The predicted molar refractivity (Wildman–Crippen MR) is 62.7 cm³/mol. The molecular formula is C12H13BrO2. The fourth-order valence-corrected chi connectivity index (χ4v) is 2.80. The van der Waals surface area contributed by atoms with Gasteiger partial charge in [-0.2, -0.15) is 0 Å². The van der Waals surface area contributed by atoms with Gasteiger partial charge in [-0.15, -0.1) is 0 Å². The maximum absolute atomic E-state index is 11.9. The highest BCUT2D eigenvalue weighted by Gasteiger charge is 2.39. The Balaban J connectivity index is 2.77. The Morgan fingerprint density at radius 2 is 2.07 bits per heavy atom. The number of fused-ring (bicyclic) bond motifs is 1. The lowest BCUT2D eigenvalue weighted by molar-refractivity contribution is 0.0979. The van der Waals surface area contributed by atoms with Crippen LogP contribution in [0.3, 0.4) is 0 Å². The molecule has 15 heavy (non-hydrogen) atoms. The summed E-state index contributed by atoms with van der Waals surface area (Å²) < 4.78 is 6.19. The van der Waals surface area contributed by atoms with Gasteiger partial charge < -0.3 is 4.74 Å². The minimum Gasteiger partial charge on any atom is -0.496 e. The molecule has 0 saturated carbocycles. The van der Waals surface area contributed by atoms with Gasteiger partial charge in [-0.1, -0.05) is 29.8 Å². The van der Waals surface area contributed by atoms with E-state index >= 15 is 0 Å². The van der Waals surface area contributed by atoms with E-state index in [1.807, 2.05) is 12.1 Å². The van der Waals surface area contributed by atoms with Crippen molar-refractivity contribution in [2.45, 2.75) is 25.7 Å². The van der Waals surface area contributed by atoms with Gasteiger partial charge in [0.25, 0.3) is 0 Å². The Hall–Kier alpha value is -0.830. The molecule has 0 unspecified atom stereocenters. The second kappa shape index (κ2) is 3.34. The lowest BCUT2D eigenvalue weighted by atomic mass is 9.86. The fourth-order valence-electron chi connectivity index (χ4n) is 2.25. The van der Waals surface area contributed by atoms with Crippen molar-refractivity contribution in [1.82, 2.24) is 0 Å². The van der Waals surface area contributed by atoms with Crippen LogP contribution in [-0.4, -0.2) is 12.9 Å². The van der Waals surface area contributed by atoms with Crippen LogP contribution in [0.25, 0.3) is 0 Å². The van der Waals surface area contributed by atoms with Crippen molar-refractivity contribution in [3.63, 3.8) is 0 Å². The zero-order chi connectivity index (χ0) is 11.2. The van der Waals surface area contributed by atoms with Gasteiger partial charge in [-0.3, -0.25) is 4.79 Å². The van der Waals surface area contributed by atoms with Crippen molar-refractivity contribution in [3.05, 3.63) is 27.7 Å². The molecule has 2 rings (SSSR count). The molecular weight excluding hydrogens is 256 g/mol. The fraction of sp³-hybridized carbons (Fsp3) is 0.417. The van der Waals surface area contributed by atoms with Gasteiger partial charge in [0.05, 0.1) is 7.11 Å². The molecule has 0 N–H and O–H groups in total. The van der Waals surface area contributed by atoms with E-state index in [4.69, 9.17) is 4.74 Å². The molecule has 0 spiro atoms. The minimum atomic E-state index is -0.123. The molecule has 0 radical (unpaired) electrons. The maximum Gasteiger partial charge on any atom is 0.165 e. The van der Waals surface area contributed by atoms with Gasteiger partial charge >= 0.3 is 0 Å². The van der Waals surface area contributed by atoms with Gasteiger partial charge in [0.1, 0.15) is 5.75 Å². The average Bonchev–Trinajstić information content (AvgIpc) is 2.39. The first kappa shape index (κ1) is 10.7. The van der Waals surface area contributed by atoms with Crippen LogP contribution in [0.2, 0.25) is 0 Å². The summed E-state index contributed by atoms with van der Waals surface area (Å²) >= 11 is 3.43. The summed E-state index contributed by atoms with van der Waals surface area (Å²) in [6, 6.07) is 3.78. The van der Waals surface area contributed by atoms with Crippen molar-refractivity contribution >= 4 is 21.7 Å². The number of hydrogen-bond acceptors (Lipinski definition) is 2. The molecule has 0 bridgehead atoms. The standard InChI is InChI=1S/C12H13BrO2/c1-12(2)6-8(14)10-7(13)4-5-9(15-3)11(10)12/h4-5H,6H2,1-3H3. The Morgan fingerprint density at radius 1 is 1.40 bits per heavy atom. The van der Waals surface area contributed by atoms with Crippen LogP contribution in [0.15, 0.2) is 16.6 Å². The molecule has 0 heterocycles. The first-order valence-corrected chi connectivity index (χ1v) is 5.67. The summed E-state index contributed by atoms with van der Waals surface area (Å²) in [5.74, 6) is 1.00. The van der Waals surface area contributed by atoms with Crippen LogP contribution >= 0.6 is 15.9 Å². The Labute approximate surface area is 97.8 Å². The third-order valence-corrected chi connectivity index (χ3v) is 3.56. The summed E-state index contributed by atoms with van der Waals surface area (Å²) in [6.07, 6.45) is 0.557. The molecule has 1 aromatic rings. The second-order valence-electron chi connectivity index (χ2n) is 4.48. The molecule has 0 amide bonds. The van der Waals surface area contributed by atoms with Crippen LogP contribution < -0.4 is 4.74 Å². The normalized spacial score (nSPS) is 17.7. The van der Waals surface area contributed by atoms with Crippen LogP contribution in [0.4, 0.5) is 0 Å². The van der Waals surface area contributed by atoms with Gasteiger partial charge in [0.15, 0.2) is 5.78 Å². The molecule has 3 heteroatoms. The highest BCUT2D eigenvalue weighted by molar-refractivity contribution is 9.10. The van der Waals surface area contributed by atoms with E-state index < -0.39 is 0 Å². The summed E-state index contributed by atoms with van der Waals surface area (Å²) in [4.78, 5) is 11.9. The molecule has 2 nitrogen and oxygen atoms in total. The van der Waals surface area contributed by atoms with Gasteiger partial charge in [-0.25, -0.2) is 0 Å². The first-order chi connectivity index (χ1) is 6.97. The maximum atomic E-state index is 11.9. The van der Waals surface area contributed by atoms with Crippen LogP contribution in [0.1, 0.15) is 36.2 Å². The molecule has 1 aliphatic carbocycles. The molecule has 0 fully saturated rings. The van der Waals surface area contributed by atoms with E-state index in [1.54, 1.807) is 7.11 Å². The number of ketones is 1. The molecule has 0 aromatic heterocycles. The number of carbonyl (C=O) groups excluding carboxylic acids is 1. The molecule has 80 valence electrons. The van der Waals surface area contributed by atoms with Crippen molar-refractivity contribution in [3.8, 4) is 5.75 Å². The lowest BCUT2D eigenvalue weighted by Gasteiger charge is -2.20. The number of carbonyl (C=O) groups is 1. The number of Topliss-reactive ketones (excluding diaryl/α,β-unsaturated/α-hetero) is 1. The molecule has 0 saturated heterocycles. The first-order valence-electron chi connectivity index (χ1n) is 4.87. The average molecular weight is 269 g/mol. The van der Waals surface area contributed by atoms with Crippen molar-refractivity contribution in [2.75, 3.05) is 7.11 Å². The van der Waals surface area contributed by atoms with Crippen LogP contribution in [0.5, 0.6) is 5.75 Å². The van der Waals surface area contributed by atoms with E-state index in [1.165, 1.54) is 0 Å². The number of ether oxygens (including phenoxy) is 1. The van der Waals surface area contributed by atoms with Crippen molar-refractivity contribution < 1.29 is 9.53 Å². The Bertz CT molecular complexity index is 435. The number of benzene rings is 1. The molecule has 0 atom stereocenters. The van der Waals surface area contributed by atoms with E-state index in [0.29, 0.717) is 6.42 Å². The Morgan fingerprint density at radius 3 is 2.67 bits per heavy atom.